The van der Waals surface area contributed by atoms with E-state index in [-0.39, 0.29) is 0 Å². The number of benzene rings is 2. The Balaban J connectivity index is 1.90. The highest BCUT2D eigenvalue weighted by Gasteiger charge is 2.03. The Labute approximate surface area is 128 Å². The van der Waals surface area contributed by atoms with Crippen molar-refractivity contribution in [1.82, 2.24) is 0 Å². The van der Waals surface area contributed by atoms with Gasteiger partial charge in [0.05, 0.1) is 0 Å². The molecule has 0 radical (unpaired) electrons. The Hall–Kier alpha value is -1.96. The van der Waals surface area contributed by atoms with E-state index in [0.29, 0.717) is 0 Å². The number of nitrogens with one attached hydrogen (secondary N) is 2. The molecule has 2 nitrogen and oxygen atoms in total. The summed E-state index contributed by atoms with van der Waals surface area (Å²) in [5, 5.41) is 7.05. The quantitative estimate of drug-likeness (QED) is 0.773. The van der Waals surface area contributed by atoms with Gasteiger partial charge in [0.25, 0.3) is 0 Å². The molecule has 0 bridgehead atoms. The lowest BCUT2D eigenvalue weighted by Crippen LogP contribution is -2.15. The molecule has 2 aromatic rings. The van der Waals surface area contributed by atoms with Gasteiger partial charge >= 0.3 is 0 Å². The Bertz CT molecular complexity index is 606. The molecule has 0 aliphatic heterocycles. The Morgan fingerprint density at radius 2 is 1.24 bits per heavy atom. The normalized spacial score (nSPS) is 10.5. The van der Waals surface area contributed by atoms with E-state index >= 15 is 0 Å². The second kappa shape index (κ2) is 6.66. The zero-order chi connectivity index (χ0) is 15.4. The summed E-state index contributed by atoms with van der Waals surface area (Å²) < 4.78 is 0. The van der Waals surface area contributed by atoms with E-state index in [4.69, 9.17) is 0 Å². The maximum Gasteiger partial charge on any atom is 0.0400 e. The van der Waals surface area contributed by atoms with Crippen LogP contribution in [-0.2, 0) is 0 Å². The maximum atomic E-state index is 3.55. The van der Waals surface area contributed by atoms with Gasteiger partial charge in [-0.3, -0.25) is 0 Å². The van der Waals surface area contributed by atoms with Crippen LogP contribution in [0.3, 0.4) is 0 Å². The van der Waals surface area contributed by atoms with Crippen molar-refractivity contribution in [3.8, 4) is 0 Å². The molecule has 0 saturated heterocycles. The summed E-state index contributed by atoms with van der Waals surface area (Å²) in [5.74, 6) is 0. The fourth-order valence-corrected chi connectivity index (χ4v) is 2.86. The predicted molar refractivity (Wildman–Crippen MR) is 93.5 cm³/mol. The van der Waals surface area contributed by atoms with Gasteiger partial charge in [-0.25, -0.2) is 0 Å². The molecular weight excluding hydrogens is 256 g/mol. The first-order chi connectivity index (χ1) is 9.97. The number of rotatable bonds is 5. The molecule has 2 aromatic carbocycles. The first-order valence-electron chi connectivity index (χ1n) is 7.60. The molecule has 0 aromatic heterocycles. The van der Waals surface area contributed by atoms with Gasteiger partial charge in [-0.2, -0.15) is 0 Å². The molecule has 0 aliphatic rings. The summed E-state index contributed by atoms with van der Waals surface area (Å²) in [6.45, 7) is 12.6. The molecule has 2 heteroatoms. The average molecular weight is 282 g/mol. The van der Waals surface area contributed by atoms with Crippen LogP contribution in [0.5, 0.6) is 0 Å². The van der Waals surface area contributed by atoms with Gasteiger partial charge in [0.2, 0.25) is 0 Å². The van der Waals surface area contributed by atoms with E-state index in [0.717, 1.165) is 13.1 Å². The van der Waals surface area contributed by atoms with Gasteiger partial charge in [0.1, 0.15) is 0 Å². The summed E-state index contributed by atoms with van der Waals surface area (Å²) in [4.78, 5) is 0. The minimum absolute atomic E-state index is 0.913. The van der Waals surface area contributed by atoms with Crippen LogP contribution in [0.2, 0.25) is 0 Å². The van der Waals surface area contributed by atoms with E-state index in [1.807, 2.05) is 0 Å². The molecule has 0 aliphatic carbocycles. The minimum Gasteiger partial charge on any atom is -0.383 e. The van der Waals surface area contributed by atoms with Crippen LogP contribution in [0.4, 0.5) is 11.4 Å². The van der Waals surface area contributed by atoms with Crippen LogP contribution in [0.25, 0.3) is 0 Å². The van der Waals surface area contributed by atoms with Crippen LogP contribution in [0, 0.1) is 34.6 Å². The molecule has 112 valence electrons. The highest BCUT2D eigenvalue weighted by molar-refractivity contribution is 5.58. The van der Waals surface area contributed by atoms with Gasteiger partial charge in [-0.1, -0.05) is 35.4 Å². The first-order valence-corrected chi connectivity index (χ1v) is 7.60. The number of aryl methyl sites for hydroxylation is 5. The lowest BCUT2D eigenvalue weighted by molar-refractivity contribution is 1.06. The smallest absolute Gasteiger partial charge is 0.0400 e. The molecule has 0 unspecified atom stereocenters. The van der Waals surface area contributed by atoms with Crippen molar-refractivity contribution in [1.29, 1.82) is 0 Å². The van der Waals surface area contributed by atoms with E-state index < -0.39 is 0 Å². The van der Waals surface area contributed by atoms with Crippen molar-refractivity contribution in [3.05, 3.63) is 58.1 Å². The fraction of sp³-hybridized carbons (Fsp3) is 0.368. The Morgan fingerprint density at radius 3 is 1.86 bits per heavy atom. The molecule has 2 rings (SSSR count). The lowest BCUT2D eigenvalue weighted by Gasteiger charge is -2.15. The van der Waals surface area contributed by atoms with Crippen LogP contribution in [0.15, 0.2) is 30.3 Å². The van der Waals surface area contributed by atoms with Crippen molar-refractivity contribution < 1.29 is 0 Å². The topological polar surface area (TPSA) is 24.1 Å². The minimum atomic E-state index is 0.913. The predicted octanol–water partition coefficient (Wildman–Crippen LogP) is 4.75. The molecule has 21 heavy (non-hydrogen) atoms. The van der Waals surface area contributed by atoms with E-state index in [1.54, 1.807) is 0 Å². The summed E-state index contributed by atoms with van der Waals surface area (Å²) >= 11 is 0. The standard InChI is InChI=1S/C19H26N2/c1-13-6-7-18(15(3)10-13)20-8-9-21-19-16(4)11-14(2)12-17(19)5/h6-7,10-12,20-21H,8-9H2,1-5H3. The molecular formula is C19H26N2. The maximum absolute atomic E-state index is 3.55. The summed E-state index contributed by atoms with van der Waals surface area (Å²) in [6, 6.07) is 11.0. The molecule has 0 fully saturated rings. The van der Waals surface area contributed by atoms with Crippen molar-refractivity contribution >= 4 is 11.4 Å². The monoisotopic (exact) mass is 282 g/mol. The third-order valence-corrected chi connectivity index (χ3v) is 3.80. The van der Waals surface area contributed by atoms with Crippen LogP contribution < -0.4 is 10.6 Å². The SMILES string of the molecule is Cc1ccc(NCCNc2c(C)cc(C)cc2C)c(C)c1. The Morgan fingerprint density at radius 1 is 0.667 bits per heavy atom. The zero-order valence-corrected chi connectivity index (χ0v) is 13.8. The van der Waals surface area contributed by atoms with E-state index in [1.165, 1.54) is 39.2 Å². The van der Waals surface area contributed by atoms with Crippen molar-refractivity contribution in [2.45, 2.75) is 34.6 Å². The van der Waals surface area contributed by atoms with E-state index in [2.05, 4.69) is 75.6 Å². The number of anilines is 2. The van der Waals surface area contributed by atoms with Crippen molar-refractivity contribution in [3.63, 3.8) is 0 Å². The van der Waals surface area contributed by atoms with Crippen LogP contribution in [-0.4, -0.2) is 13.1 Å². The summed E-state index contributed by atoms with van der Waals surface area (Å²) in [7, 11) is 0. The Kier molecular flexibility index (Phi) is 4.89. The van der Waals surface area contributed by atoms with Gasteiger partial charge < -0.3 is 10.6 Å². The molecule has 0 heterocycles. The van der Waals surface area contributed by atoms with Crippen molar-refractivity contribution in [2.75, 3.05) is 23.7 Å². The molecule has 0 saturated carbocycles. The highest BCUT2D eigenvalue weighted by atomic mass is 15.0. The number of hydrogen-bond acceptors (Lipinski definition) is 2. The second-order valence-electron chi connectivity index (χ2n) is 5.95. The molecule has 0 amide bonds. The van der Waals surface area contributed by atoms with Gasteiger partial charge in [0.15, 0.2) is 0 Å². The zero-order valence-electron chi connectivity index (χ0n) is 13.8. The van der Waals surface area contributed by atoms with Crippen LogP contribution in [0.1, 0.15) is 27.8 Å². The van der Waals surface area contributed by atoms with Gasteiger partial charge in [-0.05, 0) is 57.4 Å². The third-order valence-electron chi connectivity index (χ3n) is 3.80. The van der Waals surface area contributed by atoms with Gasteiger partial charge in [-0.15, -0.1) is 0 Å². The fourth-order valence-electron chi connectivity index (χ4n) is 2.86. The molecule has 2 N–H and O–H groups in total. The van der Waals surface area contributed by atoms with E-state index in [9.17, 15) is 0 Å². The summed E-state index contributed by atoms with van der Waals surface area (Å²) in [6.07, 6.45) is 0. The van der Waals surface area contributed by atoms with Gasteiger partial charge in [0, 0.05) is 24.5 Å². The summed E-state index contributed by atoms with van der Waals surface area (Å²) in [5.41, 5.74) is 9.06. The van der Waals surface area contributed by atoms with Crippen LogP contribution >= 0.6 is 0 Å². The number of hydrogen-bond donors (Lipinski definition) is 2. The largest absolute Gasteiger partial charge is 0.383 e. The van der Waals surface area contributed by atoms with Crippen molar-refractivity contribution in [2.24, 2.45) is 0 Å². The highest BCUT2D eigenvalue weighted by Crippen LogP contribution is 2.21. The lowest BCUT2D eigenvalue weighted by atomic mass is 10.1. The molecule has 0 atom stereocenters. The molecule has 0 spiro atoms. The second-order valence-corrected chi connectivity index (χ2v) is 5.95. The first kappa shape index (κ1) is 15.4. The average Bonchev–Trinajstić information content (AvgIpc) is 2.38. The third kappa shape index (κ3) is 4.01.